The van der Waals surface area contributed by atoms with E-state index in [1.54, 1.807) is 0 Å². The molecule has 0 saturated carbocycles. The van der Waals surface area contributed by atoms with Gasteiger partial charge in [-0.2, -0.15) is 0 Å². The summed E-state index contributed by atoms with van der Waals surface area (Å²) >= 11 is 0. The molecular weight excluding hydrogens is 296 g/mol. The molecule has 0 aromatic heterocycles. The summed E-state index contributed by atoms with van der Waals surface area (Å²) in [5.74, 6) is 1.53. The van der Waals surface area contributed by atoms with Gasteiger partial charge in [-0.15, -0.1) is 12.4 Å². The van der Waals surface area contributed by atoms with Crippen molar-refractivity contribution in [3.63, 3.8) is 0 Å². The Morgan fingerprint density at radius 2 is 2.00 bits per heavy atom. The van der Waals surface area contributed by atoms with Crippen LogP contribution >= 0.6 is 12.4 Å². The second-order valence-electron chi connectivity index (χ2n) is 6.19. The number of aliphatic imine (C=N–C) groups is 2. The molecule has 1 aromatic carbocycles. The molecule has 4 nitrogen and oxygen atoms in total. The van der Waals surface area contributed by atoms with Crippen molar-refractivity contribution in [1.82, 2.24) is 4.90 Å². The number of rotatable bonds is 1. The quantitative estimate of drug-likeness (QED) is 0.866. The highest BCUT2D eigenvalue weighted by Crippen LogP contribution is 2.38. The number of aryl methyl sites for hydroxylation is 2. The fraction of sp³-hybridized carbons (Fsp3) is 0.412. The zero-order valence-corrected chi connectivity index (χ0v) is 13.7. The first-order valence-electron chi connectivity index (χ1n) is 7.58. The Labute approximate surface area is 137 Å². The van der Waals surface area contributed by atoms with E-state index in [4.69, 9.17) is 5.73 Å². The standard InChI is InChI=1S/C17H20N4.ClH/c1-10-19-16(18)15-14(9-21(2)17(15)20-10)13-7-6-11-4-3-5-12(11)8-13;/h6-9,15,17H,3-5H2,1-2H3,(H2,18,19,20);1H. The number of fused-ring (bicyclic) bond motifs is 2. The number of amidine groups is 2. The van der Waals surface area contributed by atoms with Crippen LogP contribution in [0, 0.1) is 5.92 Å². The first-order chi connectivity index (χ1) is 10.1. The Hall–Kier alpha value is -1.81. The SMILES string of the molecule is CC1=NC2C(C(c3ccc4c(c3)CCC4)=CN2C)C(N)=N1.Cl. The predicted molar refractivity (Wildman–Crippen MR) is 93.5 cm³/mol. The van der Waals surface area contributed by atoms with Gasteiger partial charge in [-0.3, -0.25) is 0 Å². The second-order valence-corrected chi connectivity index (χ2v) is 6.19. The predicted octanol–water partition coefficient (Wildman–Crippen LogP) is 2.61. The zero-order chi connectivity index (χ0) is 14.6. The van der Waals surface area contributed by atoms with Crippen molar-refractivity contribution in [2.75, 3.05) is 7.05 Å². The Kier molecular flexibility index (Phi) is 3.73. The molecule has 0 saturated heterocycles. The summed E-state index contributed by atoms with van der Waals surface area (Å²) in [6, 6.07) is 6.84. The van der Waals surface area contributed by atoms with Crippen LogP contribution in [0.4, 0.5) is 0 Å². The molecule has 2 unspecified atom stereocenters. The summed E-state index contributed by atoms with van der Waals surface area (Å²) in [7, 11) is 2.06. The molecule has 2 atom stereocenters. The molecule has 116 valence electrons. The third kappa shape index (κ3) is 2.22. The largest absolute Gasteiger partial charge is 0.386 e. The molecular formula is C17H21ClN4. The third-order valence-electron chi connectivity index (χ3n) is 4.75. The van der Waals surface area contributed by atoms with E-state index >= 15 is 0 Å². The number of hydrogen-bond donors (Lipinski definition) is 1. The monoisotopic (exact) mass is 316 g/mol. The topological polar surface area (TPSA) is 54.0 Å². The van der Waals surface area contributed by atoms with Crippen LogP contribution in [0.3, 0.4) is 0 Å². The summed E-state index contributed by atoms with van der Waals surface area (Å²) in [6.07, 6.45) is 5.92. The number of nitrogens with zero attached hydrogens (tertiary/aromatic N) is 3. The Balaban J connectivity index is 0.00000144. The van der Waals surface area contributed by atoms with Gasteiger partial charge in [0.25, 0.3) is 0 Å². The summed E-state index contributed by atoms with van der Waals surface area (Å²) in [5.41, 5.74) is 11.7. The first-order valence-corrected chi connectivity index (χ1v) is 7.58. The van der Waals surface area contributed by atoms with Crippen molar-refractivity contribution in [3.05, 3.63) is 41.1 Å². The minimum Gasteiger partial charge on any atom is -0.386 e. The molecule has 5 heteroatoms. The van der Waals surface area contributed by atoms with Gasteiger partial charge < -0.3 is 10.6 Å². The van der Waals surface area contributed by atoms with Crippen LogP contribution < -0.4 is 5.73 Å². The zero-order valence-electron chi connectivity index (χ0n) is 12.9. The summed E-state index contributed by atoms with van der Waals surface area (Å²) in [4.78, 5) is 11.2. The molecule has 4 rings (SSSR count). The fourth-order valence-corrected chi connectivity index (χ4v) is 3.73. The highest BCUT2D eigenvalue weighted by Gasteiger charge is 2.39. The summed E-state index contributed by atoms with van der Waals surface area (Å²) in [6.45, 7) is 1.91. The van der Waals surface area contributed by atoms with Crippen molar-refractivity contribution in [1.29, 1.82) is 0 Å². The maximum Gasteiger partial charge on any atom is 0.136 e. The molecule has 1 aromatic rings. The Morgan fingerprint density at radius 1 is 1.23 bits per heavy atom. The summed E-state index contributed by atoms with van der Waals surface area (Å²) in [5, 5.41) is 0. The maximum absolute atomic E-state index is 6.21. The molecule has 2 heterocycles. The van der Waals surface area contributed by atoms with E-state index in [2.05, 4.69) is 46.3 Å². The van der Waals surface area contributed by atoms with E-state index in [1.807, 2.05) is 6.92 Å². The van der Waals surface area contributed by atoms with Gasteiger partial charge in [0, 0.05) is 13.2 Å². The van der Waals surface area contributed by atoms with Gasteiger partial charge in [-0.05, 0) is 48.4 Å². The molecule has 0 spiro atoms. The lowest BCUT2D eigenvalue weighted by atomic mass is 9.90. The van der Waals surface area contributed by atoms with E-state index in [1.165, 1.54) is 41.5 Å². The van der Waals surface area contributed by atoms with Gasteiger partial charge in [-0.1, -0.05) is 18.2 Å². The van der Waals surface area contributed by atoms with Crippen molar-refractivity contribution >= 4 is 29.7 Å². The molecule has 0 bridgehead atoms. The lowest BCUT2D eigenvalue weighted by molar-refractivity contribution is 0.341. The van der Waals surface area contributed by atoms with Crippen LogP contribution in [0.1, 0.15) is 30.0 Å². The summed E-state index contributed by atoms with van der Waals surface area (Å²) < 4.78 is 0. The van der Waals surface area contributed by atoms with E-state index < -0.39 is 0 Å². The number of benzene rings is 1. The molecule has 1 aliphatic carbocycles. The van der Waals surface area contributed by atoms with Gasteiger partial charge in [0.2, 0.25) is 0 Å². The van der Waals surface area contributed by atoms with Gasteiger partial charge in [0.15, 0.2) is 0 Å². The Bertz CT molecular complexity index is 705. The molecule has 2 aliphatic heterocycles. The van der Waals surface area contributed by atoms with Crippen LogP contribution in [0.25, 0.3) is 5.57 Å². The van der Waals surface area contributed by atoms with Gasteiger partial charge >= 0.3 is 0 Å². The molecule has 3 aliphatic rings. The van der Waals surface area contributed by atoms with Gasteiger partial charge in [-0.25, -0.2) is 9.98 Å². The molecule has 2 N–H and O–H groups in total. The van der Waals surface area contributed by atoms with Gasteiger partial charge in [0.1, 0.15) is 17.8 Å². The van der Waals surface area contributed by atoms with Crippen molar-refractivity contribution < 1.29 is 0 Å². The molecule has 0 amide bonds. The lowest BCUT2D eigenvalue weighted by Crippen LogP contribution is -2.40. The first kappa shape index (κ1) is 15.1. The smallest absolute Gasteiger partial charge is 0.136 e. The highest BCUT2D eigenvalue weighted by atomic mass is 35.5. The van der Waals surface area contributed by atoms with Crippen LogP contribution in [0.5, 0.6) is 0 Å². The van der Waals surface area contributed by atoms with Crippen LogP contribution in [0.2, 0.25) is 0 Å². The minimum atomic E-state index is 0. The van der Waals surface area contributed by atoms with Crippen molar-refractivity contribution in [2.45, 2.75) is 32.4 Å². The van der Waals surface area contributed by atoms with E-state index in [-0.39, 0.29) is 24.5 Å². The second kappa shape index (κ2) is 5.43. The number of nitrogens with two attached hydrogens (primary N) is 1. The van der Waals surface area contributed by atoms with E-state index in [0.29, 0.717) is 5.84 Å². The average molecular weight is 317 g/mol. The number of hydrogen-bond acceptors (Lipinski definition) is 4. The van der Waals surface area contributed by atoms with Crippen molar-refractivity contribution in [3.8, 4) is 0 Å². The van der Waals surface area contributed by atoms with E-state index in [9.17, 15) is 0 Å². The number of halogens is 1. The molecule has 22 heavy (non-hydrogen) atoms. The Morgan fingerprint density at radius 3 is 2.82 bits per heavy atom. The third-order valence-corrected chi connectivity index (χ3v) is 4.75. The molecule has 0 radical (unpaired) electrons. The van der Waals surface area contributed by atoms with Gasteiger partial charge in [0.05, 0.1) is 5.92 Å². The highest BCUT2D eigenvalue weighted by molar-refractivity contribution is 6.05. The van der Waals surface area contributed by atoms with Crippen LogP contribution in [0.15, 0.2) is 34.4 Å². The average Bonchev–Trinajstić information content (AvgIpc) is 3.03. The van der Waals surface area contributed by atoms with E-state index in [0.717, 1.165) is 5.84 Å². The van der Waals surface area contributed by atoms with Crippen LogP contribution in [-0.2, 0) is 12.8 Å². The fourth-order valence-electron chi connectivity index (χ4n) is 3.73. The maximum atomic E-state index is 6.21. The lowest BCUT2D eigenvalue weighted by Gasteiger charge is -2.27. The van der Waals surface area contributed by atoms with Crippen LogP contribution in [-0.4, -0.2) is 29.8 Å². The normalized spacial score (nSPS) is 25.7. The molecule has 0 fully saturated rings. The van der Waals surface area contributed by atoms with Crippen molar-refractivity contribution in [2.24, 2.45) is 21.6 Å². The minimum absolute atomic E-state index is 0.